The predicted octanol–water partition coefficient (Wildman–Crippen LogP) is 2.60. The largest absolute Gasteiger partial charge is 0.338 e. The minimum Gasteiger partial charge on any atom is -0.338 e. The van der Waals surface area contributed by atoms with Crippen LogP contribution >= 0.6 is 0 Å². The fourth-order valence-electron chi connectivity index (χ4n) is 3.43. The van der Waals surface area contributed by atoms with Gasteiger partial charge in [0.05, 0.1) is 18.1 Å². The Bertz CT molecular complexity index is 697. The second-order valence-corrected chi connectivity index (χ2v) is 6.94. The zero-order valence-corrected chi connectivity index (χ0v) is 12.9. The summed E-state index contributed by atoms with van der Waals surface area (Å²) >= 11 is 0. The van der Waals surface area contributed by atoms with E-state index in [-0.39, 0.29) is 6.04 Å². The first-order valence-corrected chi connectivity index (χ1v) is 8.41. The topological polar surface area (TPSA) is 60.0 Å². The molecule has 0 bridgehead atoms. The van der Waals surface area contributed by atoms with Crippen LogP contribution in [0.5, 0.6) is 0 Å². The van der Waals surface area contributed by atoms with Gasteiger partial charge in [-0.15, -0.1) is 0 Å². The number of hydrogen-bond acceptors (Lipinski definition) is 5. The van der Waals surface area contributed by atoms with E-state index in [1.54, 1.807) is 0 Å². The second-order valence-electron chi connectivity index (χ2n) is 6.94. The molecule has 0 amide bonds. The molecule has 22 heavy (non-hydrogen) atoms. The van der Waals surface area contributed by atoms with Gasteiger partial charge in [0.1, 0.15) is 0 Å². The Morgan fingerprint density at radius 3 is 2.91 bits per heavy atom. The van der Waals surface area contributed by atoms with Crippen LogP contribution in [0.2, 0.25) is 0 Å². The molecule has 5 rings (SSSR count). The van der Waals surface area contributed by atoms with Crippen molar-refractivity contribution in [3.63, 3.8) is 0 Å². The molecule has 2 aliphatic carbocycles. The van der Waals surface area contributed by atoms with Crippen molar-refractivity contribution in [2.45, 2.75) is 63.6 Å². The Balaban J connectivity index is 1.34. The van der Waals surface area contributed by atoms with E-state index in [1.165, 1.54) is 37.1 Å². The van der Waals surface area contributed by atoms with Crippen LogP contribution in [0.15, 0.2) is 10.9 Å². The lowest BCUT2D eigenvalue weighted by molar-refractivity contribution is 0.154. The molecular formula is C16H21N5O. The van der Waals surface area contributed by atoms with Crippen molar-refractivity contribution >= 4 is 0 Å². The van der Waals surface area contributed by atoms with Gasteiger partial charge in [0, 0.05) is 37.2 Å². The lowest BCUT2D eigenvalue weighted by atomic mass is 10.1. The van der Waals surface area contributed by atoms with Crippen LogP contribution in [0.25, 0.3) is 0 Å². The lowest BCUT2D eigenvalue weighted by Crippen LogP contribution is -2.33. The molecule has 116 valence electrons. The molecule has 0 saturated heterocycles. The van der Waals surface area contributed by atoms with Crippen LogP contribution in [0.3, 0.4) is 0 Å². The SMILES string of the molecule is C[C@H](c1nc(C2CC2)no1)N1CCc2c(ncn2C2CC2)C1. The molecule has 0 N–H and O–H groups in total. The highest BCUT2D eigenvalue weighted by Gasteiger charge is 2.33. The first kappa shape index (κ1) is 12.8. The van der Waals surface area contributed by atoms with Crippen LogP contribution in [0.4, 0.5) is 0 Å². The Kier molecular flexibility index (Phi) is 2.71. The van der Waals surface area contributed by atoms with E-state index in [0.717, 1.165) is 37.3 Å². The van der Waals surface area contributed by atoms with Gasteiger partial charge in [-0.25, -0.2) is 4.98 Å². The molecule has 3 aliphatic rings. The summed E-state index contributed by atoms with van der Waals surface area (Å²) in [6.07, 6.45) is 8.15. The fourth-order valence-corrected chi connectivity index (χ4v) is 3.43. The number of fused-ring (bicyclic) bond motifs is 1. The molecule has 2 saturated carbocycles. The molecule has 0 aromatic carbocycles. The highest BCUT2D eigenvalue weighted by atomic mass is 16.5. The van der Waals surface area contributed by atoms with Gasteiger partial charge in [0.15, 0.2) is 5.82 Å². The van der Waals surface area contributed by atoms with E-state index in [0.29, 0.717) is 5.92 Å². The quantitative estimate of drug-likeness (QED) is 0.868. The van der Waals surface area contributed by atoms with Gasteiger partial charge in [-0.05, 0) is 32.6 Å². The van der Waals surface area contributed by atoms with Crippen LogP contribution in [0, 0.1) is 0 Å². The predicted molar refractivity (Wildman–Crippen MR) is 79.3 cm³/mol. The van der Waals surface area contributed by atoms with Gasteiger partial charge in [0.25, 0.3) is 0 Å². The van der Waals surface area contributed by atoms with E-state index in [4.69, 9.17) is 4.52 Å². The zero-order chi connectivity index (χ0) is 14.7. The van der Waals surface area contributed by atoms with Gasteiger partial charge < -0.3 is 9.09 Å². The molecule has 0 radical (unpaired) electrons. The standard InChI is InChI=1S/C16H21N5O/c1-10(16-18-15(19-22-16)11-2-3-11)20-7-6-14-13(8-20)17-9-21(14)12-4-5-12/h9-12H,2-8H2,1H3/t10-/m1/s1. The van der Waals surface area contributed by atoms with Crippen molar-refractivity contribution in [2.24, 2.45) is 0 Å². The zero-order valence-electron chi connectivity index (χ0n) is 12.9. The average molecular weight is 299 g/mol. The number of rotatable bonds is 4. The summed E-state index contributed by atoms with van der Waals surface area (Å²) in [5.41, 5.74) is 2.67. The van der Waals surface area contributed by atoms with Gasteiger partial charge in [0.2, 0.25) is 5.89 Å². The normalized spacial score (nSPS) is 23.5. The molecule has 0 spiro atoms. The van der Waals surface area contributed by atoms with Crippen molar-refractivity contribution in [3.8, 4) is 0 Å². The van der Waals surface area contributed by atoms with Crippen molar-refractivity contribution in [2.75, 3.05) is 6.54 Å². The third-order valence-corrected chi connectivity index (χ3v) is 5.22. The summed E-state index contributed by atoms with van der Waals surface area (Å²) in [6, 6.07) is 0.886. The number of aromatic nitrogens is 4. The average Bonchev–Trinajstić information content (AvgIpc) is 3.48. The first-order valence-electron chi connectivity index (χ1n) is 8.41. The number of nitrogens with zero attached hydrogens (tertiary/aromatic N) is 5. The third kappa shape index (κ3) is 2.08. The highest BCUT2D eigenvalue weighted by Crippen LogP contribution is 2.40. The number of hydrogen-bond donors (Lipinski definition) is 0. The highest BCUT2D eigenvalue weighted by molar-refractivity contribution is 5.19. The molecule has 2 fully saturated rings. The van der Waals surface area contributed by atoms with Gasteiger partial charge >= 0.3 is 0 Å². The van der Waals surface area contributed by atoms with Gasteiger partial charge in [-0.3, -0.25) is 4.90 Å². The van der Waals surface area contributed by atoms with E-state index in [2.05, 4.69) is 31.5 Å². The molecule has 0 unspecified atom stereocenters. The summed E-state index contributed by atoms with van der Waals surface area (Å²) in [6.45, 7) is 4.08. The van der Waals surface area contributed by atoms with Crippen LogP contribution in [-0.4, -0.2) is 31.1 Å². The molecule has 3 heterocycles. The summed E-state index contributed by atoms with van der Waals surface area (Å²) in [4.78, 5) is 11.6. The smallest absolute Gasteiger partial charge is 0.243 e. The summed E-state index contributed by atoms with van der Waals surface area (Å²) in [5.74, 6) is 2.21. The first-order chi connectivity index (χ1) is 10.8. The number of imidazole rings is 1. The molecular weight excluding hydrogens is 278 g/mol. The molecule has 2 aromatic heterocycles. The van der Waals surface area contributed by atoms with Crippen molar-refractivity contribution in [1.82, 2.24) is 24.6 Å². The van der Waals surface area contributed by atoms with Crippen LogP contribution in [-0.2, 0) is 13.0 Å². The van der Waals surface area contributed by atoms with Gasteiger partial charge in [-0.2, -0.15) is 4.98 Å². The minimum atomic E-state index is 0.166. The third-order valence-electron chi connectivity index (χ3n) is 5.22. The van der Waals surface area contributed by atoms with Crippen LogP contribution < -0.4 is 0 Å². The Hall–Kier alpha value is -1.69. The van der Waals surface area contributed by atoms with Crippen molar-refractivity contribution in [1.29, 1.82) is 0 Å². The second kappa shape index (κ2) is 4.65. The van der Waals surface area contributed by atoms with E-state index in [1.807, 2.05) is 6.33 Å². The maximum atomic E-state index is 5.49. The molecule has 6 nitrogen and oxygen atoms in total. The van der Waals surface area contributed by atoms with Crippen molar-refractivity contribution in [3.05, 3.63) is 29.4 Å². The van der Waals surface area contributed by atoms with Crippen molar-refractivity contribution < 1.29 is 4.52 Å². The maximum absolute atomic E-state index is 5.49. The molecule has 6 heteroatoms. The van der Waals surface area contributed by atoms with E-state index >= 15 is 0 Å². The maximum Gasteiger partial charge on any atom is 0.243 e. The minimum absolute atomic E-state index is 0.166. The summed E-state index contributed by atoms with van der Waals surface area (Å²) < 4.78 is 7.89. The fraction of sp³-hybridized carbons (Fsp3) is 0.688. The van der Waals surface area contributed by atoms with E-state index < -0.39 is 0 Å². The van der Waals surface area contributed by atoms with Crippen LogP contribution in [0.1, 0.15) is 73.7 Å². The Morgan fingerprint density at radius 2 is 2.14 bits per heavy atom. The summed E-state index contributed by atoms with van der Waals surface area (Å²) in [7, 11) is 0. The monoisotopic (exact) mass is 299 g/mol. The summed E-state index contributed by atoms with van der Waals surface area (Å²) in [5, 5.41) is 4.14. The Morgan fingerprint density at radius 1 is 1.27 bits per heavy atom. The van der Waals surface area contributed by atoms with Gasteiger partial charge in [-0.1, -0.05) is 5.16 Å². The lowest BCUT2D eigenvalue weighted by Gasteiger charge is -2.30. The molecule has 1 atom stereocenters. The molecule has 2 aromatic rings. The Labute approximate surface area is 129 Å². The van der Waals surface area contributed by atoms with E-state index in [9.17, 15) is 0 Å². The molecule has 1 aliphatic heterocycles.